The van der Waals surface area contributed by atoms with Gasteiger partial charge in [0, 0.05) is 29.1 Å². The van der Waals surface area contributed by atoms with Crippen molar-refractivity contribution in [2.75, 3.05) is 0 Å². The van der Waals surface area contributed by atoms with E-state index in [1.54, 1.807) is 13.0 Å². The number of aryl methyl sites for hydroxylation is 2. The Kier molecular flexibility index (Phi) is 3.18. The number of benzene rings is 1. The largest absolute Gasteiger partial charge is 0.478 e. The van der Waals surface area contributed by atoms with E-state index >= 15 is 0 Å². The molecule has 2 aromatic rings. The van der Waals surface area contributed by atoms with E-state index in [4.69, 9.17) is 16.7 Å². The molecule has 94 valence electrons. The van der Waals surface area contributed by atoms with Gasteiger partial charge in [0.2, 0.25) is 0 Å². The number of nitrogens with zero attached hydrogens (tertiary/aromatic N) is 1. The zero-order valence-electron chi connectivity index (χ0n) is 10.5. The van der Waals surface area contributed by atoms with Crippen LogP contribution >= 0.6 is 11.6 Å². The predicted octanol–water partition coefficient (Wildman–Crippen LogP) is 3.63. The van der Waals surface area contributed by atoms with Crippen LogP contribution in [0.3, 0.4) is 0 Å². The van der Waals surface area contributed by atoms with Gasteiger partial charge in [0.05, 0.1) is 0 Å². The number of hydrogen-bond acceptors (Lipinski definition) is 1. The second-order valence-corrected chi connectivity index (χ2v) is 4.77. The molecule has 1 aromatic heterocycles. The van der Waals surface area contributed by atoms with E-state index < -0.39 is 5.97 Å². The van der Waals surface area contributed by atoms with Crippen LogP contribution in [-0.2, 0) is 11.8 Å². The average Bonchev–Trinajstić information content (AvgIpc) is 2.54. The topological polar surface area (TPSA) is 42.2 Å². The fourth-order valence-electron chi connectivity index (χ4n) is 1.97. The number of carboxylic acids is 1. The smallest absolute Gasteiger partial charge is 0.331 e. The molecule has 3 nitrogen and oxygen atoms in total. The van der Waals surface area contributed by atoms with E-state index in [1.165, 1.54) is 0 Å². The summed E-state index contributed by atoms with van der Waals surface area (Å²) in [6.07, 6.45) is 1.62. The number of aliphatic carboxylic acids is 1. The van der Waals surface area contributed by atoms with Gasteiger partial charge in [0.1, 0.15) is 5.15 Å². The minimum Gasteiger partial charge on any atom is -0.478 e. The molecule has 1 N–H and O–H groups in total. The maximum atomic E-state index is 10.9. The van der Waals surface area contributed by atoms with Crippen molar-refractivity contribution in [2.24, 2.45) is 7.05 Å². The number of hydrogen-bond donors (Lipinski definition) is 1. The van der Waals surface area contributed by atoms with E-state index in [2.05, 4.69) is 0 Å². The van der Waals surface area contributed by atoms with Gasteiger partial charge in [0.15, 0.2) is 0 Å². The van der Waals surface area contributed by atoms with Crippen molar-refractivity contribution >= 4 is 34.5 Å². The first-order valence-electron chi connectivity index (χ1n) is 5.58. The lowest BCUT2D eigenvalue weighted by Crippen LogP contribution is -1.95. The summed E-state index contributed by atoms with van der Waals surface area (Å²) in [4.78, 5) is 10.9. The Balaban J connectivity index is 2.77. The minimum atomic E-state index is -0.935. The lowest BCUT2D eigenvalue weighted by atomic mass is 10.1. The van der Waals surface area contributed by atoms with Gasteiger partial charge in [-0.1, -0.05) is 23.2 Å². The number of rotatable bonds is 2. The molecule has 0 aliphatic rings. The fraction of sp³-hybridized carbons (Fsp3) is 0.214. The monoisotopic (exact) mass is 263 g/mol. The molecule has 0 aliphatic carbocycles. The molecule has 0 unspecified atom stereocenters. The quantitative estimate of drug-likeness (QED) is 0.841. The highest BCUT2D eigenvalue weighted by Crippen LogP contribution is 2.31. The number of aromatic nitrogens is 1. The van der Waals surface area contributed by atoms with Gasteiger partial charge in [-0.2, -0.15) is 0 Å². The van der Waals surface area contributed by atoms with Gasteiger partial charge in [-0.15, -0.1) is 0 Å². The standard InChI is InChI=1S/C14H14ClNO2/c1-8-4-5-12-10(6-8)11(13(15)16(12)3)7-9(2)14(17)18/h4-7H,1-3H3,(H,17,18)/b9-7+. The molecular weight excluding hydrogens is 250 g/mol. The molecule has 0 bridgehead atoms. The molecule has 0 fully saturated rings. The van der Waals surface area contributed by atoms with Crippen LogP contribution in [0.2, 0.25) is 5.15 Å². The van der Waals surface area contributed by atoms with Gasteiger partial charge in [-0.3, -0.25) is 0 Å². The number of carboxylic acid groups (broad SMARTS) is 1. The summed E-state index contributed by atoms with van der Waals surface area (Å²) in [5, 5.41) is 10.5. The first-order valence-corrected chi connectivity index (χ1v) is 5.95. The lowest BCUT2D eigenvalue weighted by molar-refractivity contribution is -0.132. The Morgan fingerprint density at radius 2 is 2.11 bits per heavy atom. The summed E-state index contributed by atoms with van der Waals surface area (Å²) in [7, 11) is 1.87. The highest BCUT2D eigenvalue weighted by molar-refractivity contribution is 6.33. The van der Waals surface area contributed by atoms with E-state index in [0.29, 0.717) is 5.15 Å². The summed E-state index contributed by atoms with van der Waals surface area (Å²) in [5.74, 6) is -0.935. The molecule has 0 amide bonds. The first-order chi connectivity index (χ1) is 8.41. The van der Waals surface area contributed by atoms with Crippen LogP contribution in [0.5, 0.6) is 0 Å². The highest BCUT2D eigenvalue weighted by Gasteiger charge is 2.13. The molecule has 0 spiro atoms. The molecule has 18 heavy (non-hydrogen) atoms. The maximum Gasteiger partial charge on any atom is 0.331 e. The average molecular weight is 264 g/mol. The number of carbonyl (C=O) groups is 1. The Morgan fingerprint density at radius 1 is 1.44 bits per heavy atom. The molecule has 2 rings (SSSR count). The van der Waals surface area contributed by atoms with E-state index in [-0.39, 0.29) is 5.57 Å². The molecule has 4 heteroatoms. The van der Waals surface area contributed by atoms with Crippen molar-refractivity contribution in [1.29, 1.82) is 0 Å². The normalized spacial score (nSPS) is 12.1. The van der Waals surface area contributed by atoms with Crippen LogP contribution in [0.25, 0.3) is 17.0 Å². The maximum absolute atomic E-state index is 10.9. The summed E-state index contributed by atoms with van der Waals surface area (Å²) in [6, 6.07) is 6.02. The van der Waals surface area contributed by atoms with Gasteiger partial charge in [0.25, 0.3) is 0 Å². The van der Waals surface area contributed by atoms with Crippen molar-refractivity contribution in [3.8, 4) is 0 Å². The zero-order valence-corrected chi connectivity index (χ0v) is 11.2. The number of fused-ring (bicyclic) bond motifs is 1. The molecule has 0 saturated heterocycles. The van der Waals surface area contributed by atoms with E-state index in [1.807, 2.05) is 36.7 Å². The molecule has 0 saturated carbocycles. The van der Waals surface area contributed by atoms with Crippen molar-refractivity contribution in [3.63, 3.8) is 0 Å². The van der Waals surface area contributed by atoms with Crippen LogP contribution in [-0.4, -0.2) is 15.6 Å². The third-order valence-corrected chi connectivity index (χ3v) is 3.48. The number of halogens is 1. The Hall–Kier alpha value is -1.74. The fourth-order valence-corrected chi connectivity index (χ4v) is 2.22. The molecule has 0 aliphatic heterocycles. The molecule has 0 radical (unpaired) electrons. The highest BCUT2D eigenvalue weighted by atomic mass is 35.5. The van der Waals surface area contributed by atoms with E-state index in [0.717, 1.165) is 22.0 Å². The first kappa shape index (κ1) is 12.7. The van der Waals surface area contributed by atoms with Crippen LogP contribution in [0.4, 0.5) is 0 Å². The Morgan fingerprint density at radius 3 is 2.72 bits per heavy atom. The molecule has 1 aromatic carbocycles. The molecule has 1 heterocycles. The van der Waals surface area contributed by atoms with Gasteiger partial charge < -0.3 is 9.67 Å². The summed E-state index contributed by atoms with van der Waals surface area (Å²) < 4.78 is 1.86. The van der Waals surface area contributed by atoms with Crippen molar-refractivity contribution in [2.45, 2.75) is 13.8 Å². The SMILES string of the molecule is C/C(=C\c1c(Cl)n(C)c2ccc(C)cc12)C(=O)O. The molecule has 0 atom stereocenters. The lowest BCUT2D eigenvalue weighted by Gasteiger charge is -1.97. The van der Waals surface area contributed by atoms with Crippen LogP contribution in [0.1, 0.15) is 18.1 Å². The van der Waals surface area contributed by atoms with Gasteiger partial charge in [-0.25, -0.2) is 4.79 Å². The van der Waals surface area contributed by atoms with Gasteiger partial charge in [-0.05, 0) is 32.1 Å². The van der Waals surface area contributed by atoms with E-state index in [9.17, 15) is 4.79 Å². The van der Waals surface area contributed by atoms with Crippen molar-refractivity contribution in [3.05, 3.63) is 40.1 Å². The van der Waals surface area contributed by atoms with Crippen molar-refractivity contribution in [1.82, 2.24) is 4.57 Å². The third-order valence-electron chi connectivity index (χ3n) is 3.02. The zero-order chi connectivity index (χ0) is 13.4. The van der Waals surface area contributed by atoms with Crippen LogP contribution < -0.4 is 0 Å². The Labute approximate surface area is 110 Å². The van der Waals surface area contributed by atoms with Gasteiger partial charge >= 0.3 is 5.97 Å². The minimum absolute atomic E-state index is 0.269. The Bertz CT molecular complexity index is 668. The van der Waals surface area contributed by atoms with Crippen molar-refractivity contribution < 1.29 is 9.90 Å². The van der Waals surface area contributed by atoms with Crippen LogP contribution in [0, 0.1) is 6.92 Å². The second kappa shape index (κ2) is 4.50. The third kappa shape index (κ3) is 2.02. The molecular formula is C14H14ClNO2. The second-order valence-electron chi connectivity index (χ2n) is 4.42. The predicted molar refractivity (Wildman–Crippen MR) is 74.0 cm³/mol. The summed E-state index contributed by atoms with van der Waals surface area (Å²) >= 11 is 6.26. The summed E-state index contributed by atoms with van der Waals surface area (Å²) in [5.41, 5.74) is 3.14. The van der Waals surface area contributed by atoms with Crippen LogP contribution in [0.15, 0.2) is 23.8 Å². The summed E-state index contributed by atoms with van der Waals surface area (Å²) in [6.45, 7) is 3.56.